The number of carbonyl (C=O) groups excluding carboxylic acids is 2. The molecule has 1 N–H and O–H groups in total. The maximum absolute atomic E-state index is 13.9. The quantitative estimate of drug-likeness (QED) is 0.897. The summed E-state index contributed by atoms with van der Waals surface area (Å²) in [7, 11) is 0. The maximum Gasteiger partial charge on any atom is 0.256 e. The molecule has 0 bridgehead atoms. The van der Waals surface area contributed by atoms with Gasteiger partial charge in [-0.2, -0.15) is 0 Å². The Kier molecular flexibility index (Phi) is 6.00. The van der Waals surface area contributed by atoms with Crippen LogP contribution in [0, 0.1) is 11.7 Å². The molecule has 0 saturated carbocycles. The lowest BCUT2D eigenvalue weighted by Gasteiger charge is -2.32. The van der Waals surface area contributed by atoms with Crippen LogP contribution in [0.3, 0.4) is 0 Å². The summed E-state index contributed by atoms with van der Waals surface area (Å²) in [5, 5.41) is 2.96. The first-order valence-corrected chi connectivity index (χ1v) is 9.00. The smallest absolute Gasteiger partial charge is 0.256 e. The van der Waals surface area contributed by atoms with Crippen molar-refractivity contribution in [2.75, 3.05) is 19.6 Å². The summed E-state index contributed by atoms with van der Waals surface area (Å²) >= 11 is 0. The number of nitrogens with zero attached hydrogens (tertiary/aromatic N) is 1. The molecular formula is C21H23FN2O2. The zero-order valence-corrected chi connectivity index (χ0v) is 14.7. The van der Waals surface area contributed by atoms with E-state index in [-0.39, 0.29) is 23.3 Å². The third-order valence-corrected chi connectivity index (χ3v) is 4.74. The maximum atomic E-state index is 13.9. The average molecular weight is 354 g/mol. The van der Waals surface area contributed by atoms with Crippen molar-refractivity contribution in [3.63, 3.8) is 0 Å². The first-order valence-electron chi connectivity index (χ1n) is 9.00. The Balaban J connectivity index is 1.53. The normalized spacial score (nSPS) is 17.0. The lowest BCUT2D eigenvalue weighted by Crippen LogP contribution is -2.46. The van der Waals surface area contributed by atoms with Crippen molar-refractivity contribution in [2.24, 2.45) is 5.92 Å². The van der Waals surface area contributed by atoms with E-state index in [4.69, 9.17) is 0 Å². The second-order valence-corrected chi connectivity index (χ2v) is 6.60. The predicted molar refractivity (Wildman–Crippen MR) is 98.2 cm³/mol. The van der Waals surface area contributed by atoms with Crippen LogP contribution in [0.15, 0.2) is 54.6 Å². The fourth-order valence-corrected chi connectivity index (χ4v) is 3.30. The van der Waals surface area contributed by atoms with Gasteiger partial charge in [0.05, 0.1) is 11.5 Å². The monoisotopic (exact) mass is 354 g/mol. The van der Waals surface area contributed by atoms with E-state index < -0.39 is 5.82 Å². The minimum absolute atomic E-state index is 0.0352. The standard InChI is InChI=1S/C21H23FN2O2/c22-19-11-5-4-10-18(19)21(26)24-14-6-9-17(15-24)20(25)23-13-12-16-7-2-1-3-8-16/h1-5,7-8,10-11,17H,6,9,12-15H2,(H,23,25). The van der Waals surface area contributed by atoms with Gasteiger partial charge in [-0.15, -0.1) is 0 Å². The lowest BCUT2D eigenvalue weighted by atomic mass is 9.96. The molecule has 1 aliphatic rings. The molecule has 26 heavy (non-hydrogen) atoms. The highest BCUT2D eigenvalue weighted by Crippen LogP contribution is 2.20. The van der Waals surface area contributed by atoms with Gasteiger partial charge in [-0.25, -0.2) is 4.39 Å². The van der Waals surface area contributed by atoms with E-state index in [1.165, 1.54) is 17.7 Å². The fraction of sp³-hybridized carbons (Fsp3) is 0.333. The number of amides is 2. The molecule has 1 aliphatic heterocycles. The van der Waals surface area contributed by atoms with Crippen molar-refractivity contribution in [1.29, 1.82) is 0 Å². The molecule has 4 nitrogen and oxygen atoms in total. The zero-order chi connectivity index (χ0) is 18.4. The van der Waals surface area contributed by atoms with Crippen molar-refractivity contribution in [1.82, 2.24) is 10.2 Å². The van der Waals surface area contributed by atoms with E-state index in [1.54, 1.807) is 17.0 Å². The summed E-state index contributed by atoms with van der Waals surface area (Å²) < 4.78 is 13.9. The Morgan fingerprint density at radius 1 is 1.08 bits per heavy atom. The Morgan fingerprint density at radius 3 is 2.58 bits per heavy atom. The molecule has 2 aromatic carbocycles. The van der Waals surface area contributed by atoms with Gasteiger partial charge in [-0.3, -0.25) is 9.59 Å². The van der Waals surface area contributed by atoms with Gasteiger partial charge in [0.15, 0.2) is 0 Å². The van der Waals surface area contributed by atoms with E-state index in [2.05, 4.69) is 5.32 Å². The number of halogens is 1. The molecule has 5 heteroatoms. The van der Waals surface area contributed by atoms with Crippen molar-refractivity contribution >= 4 is 11.8 Å². The third-order valence-electron chi connectivity index (χ3n) is 4.74. The highest BCUT2D eigenvalue weighted by molar-refractivity contribution is 5.95. The van der Waals surface area contributed by atoms with Crippen molar-refractivity contribution in [3.05, 3.63) is 71.5 Å². The van der Waals surface area contributed by atoms with Gasteiger partial charge in [0, 0.05) is 19.6 Å². The molecule has 1 fully saturated rings. The molecule has 2 amide bonds. The summed E-state index contributed by atoms with van der Waals surface area (Å²) in [5.74, 6) is -1.14. The van der Waals surface area contributed by atoms with Crippen LogP contribution < -0.4 is 5.32 Å². The van der Waals surface area contributed by atoms with Gasteiger partial charge in [-0.1, -0.05) is 42.5 Å². The highest BCUT2D eigenvalue weighted by atomic mass is 19.1. The van der Waals surface area contributed by atoms with Crippen LogP contribution in [-0.4, -0.2) is 36.3 Å². The van der Waals surface area contributed by atoms with Gasteiger partial charge < -0.3 is 10.2 Å². The third kappa shape index (κ3) is 4.48. The molecule has 3 rings (SSSR count). The number of hydrogen-bond donors (Lipinski definition) is 1. The number of likely N-dealkylation sites (tertiary alicyclic amines) is 1. The highest BCUT2D eigenvalue weighted by Gasteiger charge is 2.29. The molecule has 0 radical (unpaired) electrons. The van der Waals surface area contributed by atoms with E-state index in [0.717, 1.165) is 19.3 Å². The van der Waals surface area contributed by atoms with Gasteiger partial charge in [0.2, 0.25) is 5.91 Å². The molecule has 2 aromatic rings. The molecule has 0 aliphatic carbocycles. The molecule has 0 aromatic heterocycles. The van der Waals surface area contributed by atoms with Gasteiger partial charge in [-0.05, 0) is 37.0 Å². The van der Waals surface area contributed by atoms with Crippen LogP contribution in [0.1, 0.15) is 28.8 Å². The Labute approximate surface area is 153 Å². The van der Waals surface area contributed by atoms with Crippen LogP contribution in [0.5, 0.6) is 0 Å². The van der Waals surface area contributed by atoms with Gasteiger partial charge in [0.25, 0.3) is 5.91 Å². The van der Waals surface area contributed by atoms with E-state index >= 15 is 0 Å². The van der Waals surface area contributed by atoms with Gasteiger partial charge >= 0.3 is 0 Å². The predicted octanol–water partition coefficient (Wildman–Crippen LogP) is 3.04. The number of nitrogens with one attached hydrogen (secondary N) is 1. The number of piperidine rings is 1. The SMILES string of the molecule is O=C(NCCc1ccccc1)C1CCCN(C(=O)c2ccccc2F)C1. The van der Waals surface area contributed by atoms with Crippen molar-refractivity contribution in [2.45, 2.75) is 19.3 Å². The summed E-state index contributed by atoms with van der Waals surface area (Å²) in [5.41, 5.74) is 1.24. The van der Waals surface area contributed by atoms with Crippen LogP contribution >= 0.6 is 0 Å². The molecule has 1 atom stereocenters. The molecule has 1 heterocycles. The second kappa shape index (κ2) is 8.61. The van der Waals surface area contributed by atoms with Crippen molar-refractivity contribution in [3.8, 4) is 0 Å². The van der Waals surface area contributed by atoms with Crippen LogP contribution in [-0.2, 0) is 11.2 Å². The summed E-state index contributed by atoms with van der Waals surface area (Å²) in [6, 6.07) is 16.0. The fourth-order valence-electron chi connectivity index (χ4n) is 3.30. The van der Waals surface area contributed by atoms with Gasteiger partial charge in [0.1, 0.15) is 5.82 Å². The van der Waals surface area contributed by atoms with E-state index in [9.17, 15) is 14.0 Å². The van der Waals surface area contributed by atoms with Crippen LogP contribution in [0.25, 0.3) is 0 Å². The minimum atomic E-state index is -0.521. The van der Waals surface area contributed by atoms with E-state index in [0.29, 0.717) is 19.6 Å². The molecule has 1 saturated heterocycles. The molecule has 0 spiro atoms. The topological polar surface area (TPSA) is 49.4 Å². The average Bonchev–Trinajstić information content (AvgIpc) is 2.69. The Morgan fingerprint density at radius 2 is 1.81 bits per heavy atom. The summed E-state index contributed by atoms with van der Waals surface area (Å²) in [4.78, 5) is 26.6. The number of hydrogen-bond acceptors (Lipinski definition) is 2. The number of benzene rings is 2. The van der Waals surface area contributed by atoms with Crippen LogP contribution in [0.2, 0.25) is 0 Å². The second-order valence-electron chi connectivity index (χ2n) is 6.60. The summed E-state index contributed by atoms with van der Waals surface area (Å²) in [6.07, 6.45) is 2.27. The zero-order valence-electron chi connectivity index (χ0n) is 14.7. The number of rotatable bonds is 5. The molecular weight excluding hydrogens is 331 g/mol. The molecule has 136 valence electrons. The Hall–Kier alpha value is -2.69. The number of carbonyl (C=O) groups is 2. The summed E-state index contributed by atoms with van der Waals surface area (Å²) in [6.45, 7) is 1.46. The Bertz CT molecular complexity index is 764. The first-order chi connectivity index (χ1) is 12.6. The molecule has 1 unspecified atom stereocenters. The van der Waals surface area contributed by atoms with E-state index in [1.807, 2.05) is 30.3 Å². The minimum Gasteiger partial charge on any atom is -0.355 e. The first kappa shape index (κ1) is 18.1. The lowest BCUT2D eigenvalue weighted by molar-refractivity contribution is -0.126. The largest absolute Gasteiger partial charge is 0.355 e. The van der Waals surface area contributed by atoms with Crippen LogP contribution in [0.4, 0.5) is 4.39 Å². The van der Waals surface area contributed by atoms with Crippen molar-refractivity contribution < 1.29 is 14.0 Å².